The molecule has 0 aliphatic carbocycles. The molecule has 1 aliphatic heterocycles. The van der Waals surface area contributed by atoms with Crippen LogP contribution in [0.2, 0.25) is 5.02 Å². The predicted octanol–water partition coefficient (Wildman–Crippen LogP) is 6.24. The van der Waals surface area contributed by atoms with E-state index < -0.39 is 24.4 Å². The van der Waals surface area contributed by atoms with Crippen LogP contribution in [0.15, 0.2) is 93.1 Å². The summed E-state index contributed by atoms with van der Waals surface area (Å²) in [6.07, 6.45) is -1.75. The van der Waals surface area contributed by atoms with E-state index in [0.717, 1.165) is 11.1 Å². The van der Waals surface area contributed by atoms with Gasteiger partial charge in [-0.3, -0.25) is 18.7 Å². The van der Waals surface area contributed by atoms with Gasteiger partial charge in [0.1, 0.15) is 23.4 Å². The molecule has 10 nitrogen and oxygen atoms in total. The van der Waals surface area contributed by atoms with Crippen molar-refractivity contribution in [2.24, 2.45) is 0 Å². The van der Waals surface area contributed by atoms with Crippen LogP contribution >= 0.6 is 27.5 Å². The molecule has 0 saturated heterocycles. The third-order valence-corrected chi connectivity index (χ3v) is 8.74. The minimum Gasteiger partial charge on any atom is -0.484 e. The minimum atomic E-state index is -4.53. The molecule has 1 N–H and O–H groups in total. The van der Waals surface area contributed by atoms with Crippen molar-refractivity contribution in [2.45, 2.75) is 25.8 Å². The van der Waals surface area contributed by atoms with Crippen LogP contribution in [0.4, 0.5) is 13.2 Å². The van der Waals surface area contributed by atoms with E-state index in [-0.39, 0.29) is 54.9 Å². The van der Waals surface area contributed by atoms with E-state index in [2.05, 4.69) is 26.2 Å². The summed E-state index contributed by atoms with van der Waals surface area (Å²) < 4.78 is 51.2. The Balaban J connectivity index is 1.35. The van der Waals surface area contributed by atoms with E-state index in [0.29, 0.717) is 20.8 Å². The van der Waals surface area contributed by atoms with Gasteiger partial charge in [-0.15, -0.1) is 0 Å². The zero-order valence-electron chi connectivity index (χ0n) is 24.3. The van der Waals surface area contributed by atoms with Gasteiger partial charge < -0.3 is 19.4 Å². The number of nitrogens with one attached hydrogen (secondary N) is 1. The summed E-state index contributed by atoms with van der Waals surface area (Å²) in [6, 6.07) is 17.4. The van der Waals surface area contributed by atoms with Crippen LogP contribution in [0, 0.1) is 0 Å². The first-order valence-electron chi connectivity index (χ1n) is 14.1. The summed E-state index contributed by atoms with van der Waals surface area (Å²) in [7, 11) is 0. The smallest absolute Gasteiger partial charge is 0.422 e. The number of oxazole rings is 1. The van der Waals surface area contributed by atoms with Crippen molar-refractivity contribution in [1.29, 1.82) is 0 Å². The number of imidazole rings is 1. The first-order valence-corrected chi connectivity index (χ1v) is 15.3. The number of amides is 2. The molecule has 6 rings (SSSR count). The topological polar surface area (TPSA) is 112 Å². The maximum atomic E-state index is 14.0. The number of aromatic nitrogens is 3. The number of fused-ring (bicyclic) bond motifs is 1. The van der Waals surface area contributed by atoms with Crippen LogP contribution in [0.3, 0.4) is 0 Å². The van der Waals surface area contributed by atoms with Crippen LogP contribution < -0.4 is 15.7 Å². The number of ether oxygens (including phenoxy) is 1. The molecule has 0 fully saturated rings. The molecule has 0 unspecified atom stereocenters. The van der Waals surface area contributed by atoms with Crippen LogP contribution in [-0.4, -0.2) is 50.2 Å². The van der Waals surface area contributed by atoms with E-state index >= 15 is 0 Å². The highest BCUT2D eigenvalue weighted by Gasteiger charge is 2.33. The number of benzene rings is 3. The summed E-state index contributed by atoms with van der Waals surface area (Å²) in [6.45, 7) is -1.21. The predicted molar refractivity (Wildman–Crippen MR) is 169 cm³/mol. The Bertz CT molecular complexity index is 2010. The Labute approximate surface area is 278 Å². The first kappa shape index (κ1) is 32.1. The second-order valence-corrected chi connectivity index (χ2v) is 11.8. The van der Waals surface area contributed by atoms with Gasteiger partial charge in [-0.25, -0.2) is 9.78 Å². The average Bonchev–Trinajstić information content (AvgIpc) is 3.70. The fourth-order valence-corrected chi connectivity index (χ4v) is 5.73. The third kappa shape index (κ3) is 6.83. The summed E-state index contributed by atoms with van der Waals surface area (Å²) in [5.74, 6) is -1.02. The Morgan fingerprint density at radius 1 is 1.06 bits per heavy atom. The number of hydrogen-bond acceptors (Lipinski definition) is 6. The second kappa shape index (κ2) is 13.1. The lowest BCUT2D eigenvalue weighted by Gasteiger charge is -2.28. The molecule has 0 atom stereocenters. The second-order valence-electron chi connectivity index (χ2n) is 10.5. The van der Waals surface area contributed by atoms with Gasteiger partial charge >= 0.3 is 11.9 Å². The van der Waals surface area contributed by atoms with E-state index in [9.17, 15) is 27.6 Å². The van der Waals surface area contributed by atoms with Gasteiger partial charge in [0.25, 0.3) is 11.8 Å². The Morgan fingerprint density at radius 2 is 1.83 bits per heavy atom. The van der Waals surface area contributed by atoms with E-state index in [4.69, 9.17) is 20.8 Å². The fourth-order valence-electron chi connectivity index (χ4n) is 5.30. The number of halogens is 5. The Kier molecular flexibility index (Phi) is 8.97. The summed E-state index contributed by atoms with van der Waals surface area (Å²) in [5, 5.41) is 3.23. The van der Waals surface area contributed by atoms with Gasteiger partial charge in [-0.2, -0.15) is 13.2 Å². The summed E-state index contributed by atoms with van der Waals surface area (Å²) in [4.78, 5) is 47.0. The largest absolute Gasteiger partial charge is 0.484 e. The molecule has 5 aromatic rings. The zero-order chi connectivity index (χ0) is 33.3. The zero-order valence-corrected chi connectivity index (χ0v) is 26.6. The van der Waals surface area contributed by atoms with Crippen molar-refractivity contribution in [1.82, 2.24) is 24.3 Å². The number of carbonyl (C=O) groups is 2. The highest BCUT2D eigenvalue weighted by Crippen LogP contribution is 2.27. The molecular formula is C32H24BrClF3N5O5. The molecule has 2 amide bonds. The molecule has 1 aliphatic rings. The van der Waals surface area contributed by atoms with Crippen LogP contribution in [-0.2, 0) is 19.6 Å². The van der Waals surface area contributed by atoms with Crippen molar-refractivity contribution < 1.29 is 31.9 Å². The van der Waals surface area contributed by atoms with E-state index in [1.165, 1.54) is 57.0 Å². The molecule has 0 radical (unpaired) electrons. The molecule has 3 aromatic carbocycles. The quantitative estimate of drug-likeness (QED) is 0.203. The number of carbonyl (C=O) groups excluding carboxylic acids is 2. The van der Waals surface area contributed by atoms with Crippen LogP contribution in [0.5, 0.6) is 5.75 Å². The third-order valence-electron chi connectivity index (χ3n) is 7.51. The van der Waals surface area contributed by atoms with Gasteiger partial charge in [0, 0.05) is 35.2 Å². The van der Waals surface area contributed by atoms with Gasteiger partial charge in [-0.1, -0.05) is 35.9 Å². The summed E-state index contributed by atoms with van der Waals surface area (Å²) >= 11 is 9.54. The number of hydrogen-bond donors (Lipinski definition) is 1. The molecule has 15 heteroatoms. The Morgan fingerprint density at radius 3 is 2.53 bits per heavy atom. The minimum absolute atomic E-state index is 0.0239. The molecule has 0 spiro atoms. The lowest BCUT2D eigenvalue weighted by atomic mass is 10.1. The van der Waals surface area contributed by atoms with Crippen molar-refractivity contribution in [2.75, 3.05) is 13.2 Å². The highest BCUT2D eigenvalue weighted by atomic mass is 79.9. The standard InChI is InChI=1S/C32H24BrClF3N5O5/c33-24-10-5-19(13-25(24)34)30(44)40-11-12-41-27(15-40)28(29(43)38-14-20-3-1-2-4-23(20)26-16-46-18-39-26)42(31(41)45)21-6-8-22(9-7-21)47-17-32(35,36)37/h1-10,13,16,18H,11-12,14-15,17H2,(H,38,43). The average molecular weight is 731 g/mol. The first-order chi connectivity index (χ1) is 22.5. The van der Waals surface area contributed by atoms with Gasteiger partial charge in [0.15, 0.2) is 13.0 Å². The van der Waals surface area contributed by atoms with Crippen molar-refractivity contribution >= 4 is 39.3 Å². The fraction of sp³-hybridized carbons (Fsp3) is 0.188. The lowest BCUT2D eigenvalue weighted by Crippen LogP contribution is -2.41. The molecule has 2 aromatic heterocycles. The summed E-state index contributed by atoms with van der Waals surface area (Å²) in [5.41, 5.74) is 2.31. The van der Waals surface area contributed by atoms with Crippen LogP contribution in [0.1, 0.15) is 32.1 Å². The van der Waals surface area contributed by atoms with Crippen molar-refractivity contribution in [3.63, 3.8) is 0 Å². The van der Waals surface area contributed by atoms with Crippen LogP contribution in [0.25, 0.3) is 16.9 Å². The van der Waals surface area contributed by atoms with Gasteiger partial charge in [0.05, 0.1) is 22.9 Å². The van der Waals surface area contributed by atoms with Gasteiger partial charge in [-0.05, 0) is 64.0 Å². The monoisotopic (exact) mass is 729 g/mol. The SMILES string of the molecule is O=C(NCc1ccccc1-c1cocn1)c1c2n(c(=O)n1-c1ccc(OCC(F)(F)F)cc1)CCN(C(=O)c1ccc(Br)c(Cl)c1)C2. The molecule has 0 saturated carbocycles. The maximum Gasteiger partial charge on any atom is 0.422 e. The van der Waals surface area contributed by atoms with E-state index in [1.54, 1.807) is 12.1 Å². The van der Waals surface area contributed by atoms with E-state index in [1.807, 2.05) is 24.3 Å². The van der Waals surface area contributed by atoms with Crippen molar-refractivity contribution in [3.05, 3.63) is 122 Å². The lowest BCUT2D eigenvalue weighted by molar-refractivity contribution is -0.153. The highest BCUT2D eigenvalue weighted by molar-refractivity contribution is 9.10. The number of nitrogens with zero attached hydrogens (tertiary/aromatic N) is 4. The molecule has 0 bridgehead atoms. The van der Waals surface area contributed by atoms with Gasteiger partial charge in [0.2, 0.25) is 0 Å². The maximum absolute atomic E-state index is 14.0. The normalized spacial score (nSPS) is 12.9. The van der Waals surface area contributed by atoms with Crippen molar-refractivity contribution in [3.8, 4) is 22.7 Å². The molecule has 47 heavy (non-hydrogen) atoms. The number of rotatable bonds is 8. The molecular weight excluding hydrogens is 707 g/mol. The number of alkyl halides is 3. The molecule has 242 valence electrons. The Hall–Kier alpha value is -4.82. The molecule has 3 heterocycles.